The first kappa shape index (κ1) is 11.5. The summed E-state index contributed by atoms with van der Waals surface area (Å²) in [6.07, 6.45) is 1.72. The zero-order chi connectivity index (χ0) is 13.4. The number of nitrogen functional groups attached to an aromatic ring is 1. The molecule has 2 aromatic heterocycles. The number of nitrogens with zero attached hydrogens (tertiary/aromatic N) is 2. The maximum Gasteiger partial charge on any atom is 0.420 e. The number of hydrogen-bond donors (Lipinski definition) is 1. The van der Waals surface area contributed by atoms with E-state index in [0.29, 0.717) is 17.8 Å². The van der Waals surface area contributed by atoms with Crippen molar-refractivity contribution in [2.24, 2.45) is 0 Å². The van der Waals surface area contributed by atoms with E-state index in [1.54, 1.807) is 29.0 Å². The Morgan fingerprint density at radius 2 is 2.21 bits per heavy atom. The van der Waals surface area contributed by atoms with Crippen molar-refractivity contribution in [3.8, 4) is 0 Å². The van der Waals surface area contributed by atoms with E-state index < -0.39 is 5.76 Å². The lowest BCUT2D eigenvalue weighted by atomic mass is 10.2. The van der Waals surface area contributed by atoms with Crippen LogP contribution in [0.3, 0.4) is 0 Å². The molecule has 0 bridgehead atoms. The standard InChI is InChI=1S/C14H13N3O2/c1-9-3-2-6-16-11(9)8-17-12-5-4-10(15)7-13(12)19-14(17)18/h2-7H,8,15H2,1H3. The van der Waals surface area contributed by atoms with Crippen molar-refractivity contribution in [3.05, 3.63) is 58.3 Å². The molecule has 5 nitrogen and oxygen atoms in total. The molecule has 0 atom stereocenters. The number of fused-ring (bicyclic) bond motifs is 1. The number of nitrogens with two attached hydrogens (primary N) is 1. The van der Waals surface area contributed by atoms with Gasteiger partial charge in [-0.15, -0.1) is 0 Å². The Kier molecular flexibility index (Phi) is 2.59. The zero-order valence-electron chi connectivity index (χ0n) is 10.5. The third-order valence-corrected chi connectivity index (χ3v) is 3.12. The first-order valence-electron chi connectivity index (χ1n) is 5.94. The largest absolute Gasteiger partial charge is 0.420 e. The lowest BCUT2D eigenvalue weighted by Crippen LogP contribution is -2.16. The van der Waals surface area contributed by atoms with Gasteiger partial charge in [0.25, 0.3) is 0 Å². The Hall–Kier alpha value is -2.56. The average molecular weight is 255 g/mol. The molecule has 0 fully saturated rings. The summed E-state index contributed by atoms with van der Waals surface area (Å²) in [5.41, 5.74) is 9.36. The number of aryl methyl sites for hydroxylation is 1. The highest BCUT2D eigenvalue weighted by atomic mass is 16.4. The molecule has 0 aliphatic rings. The van der Waals surface area contributed by atoms with Crippen LogP contribution in [-0.2, 0) is 6.54 Å². The van der Waals surface area contributed by atoms with E-state index >= 15 is 0 Å². The molecule has 2 heterocycles. The molecule has 5 heteroatoms. The normalized spacial score (nSPS) is 11.0. The zero-order valence-corrected chi connectivity index (χ0v) is 10.5. The molecule has 0 aliphatic carbocycles. The molecule has 96 valence electrons. The first-order valence-corrected chi connectivity index (χ1v) is 5.94. The van der Waals surface area contributed by atoms with Gasteiger partial charge in [0.05, 0.1) is 17.8 Å². The molecule has 0 aliphatic heterocycles. The Labute approximate surface area is 109 Å². The summed E-state index contributed by atoms with van der Waals surface area (Å²) < 4.78 is 6.75. The van der Waals surface area contributed by atoms with Gasteiger partial charge in [0.15, 0.2) is 5.58 Å². The van der Waals surface area contributed by atoms with E-state index in [0.717, 1.165) is 16.8 Å². The number of aromatic nitrogens is 2. The van der Waals surface area contributed by atoms with Crippen molar-refractivity contribution < 1.29 is 4.42 Å². The van der Waals surface area contributed by atoms with E-state index in [1.807, 2.05) is 19.1 Å². The molecule has 2 N–H and O–H groups in total. The van der Waals surface area contributed by atoms with Crippen LogP contribution in [-0.4, -0.2) is 9.55 Å². The van der Waals surface area contributed by atoms with E-state index in [-0.39, 0.29) is 0 Å². The Morgan fingerprint density at radius 1 is 1.37 bits per heavy atom. The molecule has 0 saturated heterocycles. The first-order chi connectivity index (χ1) is 9.15. The lowest BCUT2D eigenvalue weighted by Gasteiger charge is -2.04. The van der Waals surface area contributed by atoms with Crippen molar-refractivity contribution >= 4 is 16.8 Å². The monoisotopic (exact) mass is 255 g/mol. The smallest absolute Gasteiger partial charge is 0.408 e. The number of anilines is 1. The van der Waals surface area contributed by atoms with Gasteiger partial charge < -0.3 is 10.2 Å². The topological polar surface area (TPSA) is 74.0 Å². The highest BCUT2D eigenvalue weighted by Gasteiger charge is 2.11. The van der Waals surface area contributed by atoms with E-state index in [1.165, 1.54) is 0 Å². The highest BCUT2D eigenvalue weighted by Crippen LogP contribution is 2.17. The number of pyridine rings is 1. The second-order valence-corrected chi connectivity index (χ2v) is 4.45. The van der Waals surface area contributed by atoms with Gasteiger partial charge in [-0.3, -0.25) is 9.55 Å². The van der Waals surface area contributed by atoms with Crippen LogP contribution in [0.5, 0.6) is 0 Å². The second kappa shape index (κ2) is 4.28. The van der Waals surface area contributed by atoms with Gasteiger partial charge in [-0.1, -0.05) is 6.07 Å². The molecule has 0 spiro atoms. The number of benzene rings is 1. The van der Waals surface area contributed by atoms with Crippen LogP contribution < -0.4 is 11.5 Å². The van der Waals surface area contributed by atoms with Crippen LogP contribution in [0.15, 0.2) is 45.7 Å². The third kappa shape index (κ3) is 1.99. The van der Waals surface area contributed by atoms with Gasteiger partial charge in [-0.05, 0) is 30.7 Å². The Morgan fingerprint density at radius 3 is 3.00 bits per heavy atom. The molecule has 3 aromatic rings. The van der Waals surface area contributed by atoms with Gasteiger partial charge in [0.2, 0.25) is 0 Å². The summed E-state index contributed by atoms with van der Waals surface area (Å²) >= 11 is 0. The Balaban J connectivity index is 2.13. The molecule has 0 unspecified atom stereocenters. The summed E-state index contributed by atoms with van der Waals surface area (Å²) in [6.45, 7) is 2.36. The minimum atomic E-state index is -0.398. The van der Waals surface area contributed by atoms with E-state index in [9.17, 15) is 4.79 Å². The molecule has 19 heavy (non-hydrogen) atoms. The SMILES string of the molecule is Cc1cccnc1Cn1c(=O)oc2cc(N)ccc21. The molecular formula is C14H13N3O2. The van der Waals surface area contributed by atoms with Gasteiger partial charge >= 0.3 is 5.76 Å². The summed E-state index contributed by atoms with van der Waals surface area (Å²) in [7, 11) is 0. The predicted molar refractivity (Wildman–Crippen MR) is 73.0 cm³/mol. The van der Waals surface area contributed by atoms with E-state index in [4.69, 9.17) is 10.2 Å². The number of hydrogen-bond acceptors (Lipinski definition) is 4. The minimum absolute atomic E-state index is 0.391. The van der Waals surface area contributed by atoms with E-state index in [2.05, 4.69) is 4.98 Å². The van der Waals surface area contributed by atoms with Gasteiger partial charge in [-0.25, -0.2) is 4.79 Å². The highest BCUT2D eigenvalue weighted by molar-refractivity contribution is 5.76. The van der Waals surface area contributed by atoms with Crippen LogP contribution in [0.4, 0.5) is 5.69 Å². The fourth-order valence-electron chi connectivity index (χ4n) is 2.07. The molecular weight excluding hydrogens is 242 g/mol. The van der Waals surface area contributed by atoms with Crippen LogP contribution in [0.2, 0.25) is 0 Å². The van der Waals surface area contributed by atoms with Gasteiger partial charge in [0.1, 0.15) is 0 Å². The quantitative estimate of drug-likeness (QED) is 0.710. The maximum absolute atomic E-state index is 11.9. The summed E-state index contributed by atoms with van der Waals surface area (Å²) in [5, 5.41) is 0. The van der Waals surface area contributed by atoms with Crippen molar-refractivity contribution in [3.63, 3.8) is 0 Å². The van der Waals surface area contributed by atoms with Crippen molar-refractivity contribution in [2.45, 2.75) is 13.5 Å². The molecule has 0 amide bonds. The minimum Gasteiger partial charge on any atom is -0.408 e. The molecule has 1 aromatic carbocycles. The fourth-order valence-corrected chi connectivity index (χ4v) is 2.07. The van der Waals surface area contributed by atoms with Gasteiger partial charge in [-0.2, -0.15) is 0 Å². The maximum atomic E-state index is 11.9. The van der Waals surface area contributed by atoms with Crippen molar-refractivity contribution in [1.82, 2.24) is 9.55 Å². The van der Waals surface area contributed by atoms with Crippen LogP contribution in [0.1, 0.15) is 11.3 Å². The summed E-state index contributed by atoms with van der Waals surface area (Å²) in [5.74, 6) is -0.398. The van der Waals surface area contributed by atoms with Crippen LogP contribution >= 0.6 is 0 Å². The van der Waals surface area contributed by atoms with Crippen molar-refractivity contribution in [2.75, 3.05) is 5.73 Å². The molecule has 3 rings (SSSR count). The van der Waals surface area contributed by atoms with Crippen LogP contribution in [0, 0.1) is 6.92 Å². The summed E-state index contributed by atoms with van der Waals surface area (Å²) in [4.78, 5) is 16.2. The summed E-state index contributed by atoms with van der Waals surface area (Å²) in [6, 6.07) is 9.02. The average Bonchev–Trinajstić information content (AvgIpc) is 2.68. The molecule has 0 radical (unpaired) electrons. The fraction of sp³-hybridized carbons (Fsp3) is 0.143. The number of rotatable bonds is 2. The lowest BCUT2D eigenvalue weighted by molar-refractivity contribution is 0.516. The second-order valence-electron chi connectivity index (χ2n) is 4.45. The Bertz CT molecular complexity index is 802. The van der Waals surface area contributed by atoms with Crippen LogP contribution in [0.25, 0.3) is 11.1 Å². The predicted octanol–water partition coefficient (Wildman–Crippen LogP) is 1.93. The number of oxazole rings is 1. The van der Waals surface area contributed by atoms with Crippen molar-refractivity contribution in [1.29, 1.82) is 0 Å². The third-order valence-electron chi connectivity index (χ3n) is 3.12. The molecule has 0 saturated carbocycles. The van der Waals surface area contributed by atoms with Gasteiger partial charge in [0, 0.05) is 18.0 Å².